The van der Waals surface area contributed by atoms with Crippen molar-refractivity contribution < 1.29 is 8.42 Å². The Morgan fingerprint density at radius 2 is 1.90 bits per heavy atom. The lowest BCUT2D eigenvalue weighted by molar-refractivity contribution is 0.160. The van der Waals surface area contributed by atoms with Crippen molar-refractivity contribution in [1.82, 2.24) is 4.31 Å². The van der Waals surface area contributed by atoms with E-state index in [1.165, 1.54) is 0 Å². The largest absolute Gasteiger partial charge is 0.243 e. The molecular formula is C16H23NO2S. The molecule has 2 aliphatic rings. The first kappa shape index (κ1) is 14.1. The second kappa shape index (κ2) is 4.57. The van der Waals surface area contributed by atoms with Crippen LogP contribution in [0.1, 0.15) is 38.7 Å². The standard InChI is InChI=1S/C16H23NO2S/c1-12-6-8-15(9-7-12)20(18,19)17-11-14-5-4-10-16(17,3)13(14)2/h6-9,13-14H,4-5,10-11H2,1-3H3. The fraction of sp³-hybridized carbons (Fsp3) is 0.625. The maximum absolute atomic E-state index is 13.0. The smallest absolute Gasteiger partial charge is 0.207 e. The molecule has 1 aromatic rings. The van der Waals surface area contributed by atoms with Gasteiger partial charge in [-0.05, 0) is 50.7 Å². The monoisotopic (exact) mass is 293 g/mol. The van der Waals surface area contributed by atoms with Gasteiger partial charge in [-0.15, -0.1) is 0 Å². The summed E-state index contributed by atoms with van der Waals surface area (Å²) >= 11 is 0. The highest BCUT2D eigenvalue weighted by atomic mass is 32.2. The zero-order valence-corrected chi connectivity index (χ0v) is 13.3. The quantitative estimate of drug-likeness (QED) is 0.839. The van der Waals surface area contributed by atoms with Gasteiger partial charge in [0.05, 0.1) is 4.90 Å². The minimum atomic E-state index is -3.37. The third-order valence-corrected chi connectivity index (χ3v) is 7.54. The van der Waals surface area contributed by atoms with Crippen molar-refractivity contribution in [2.45, 2.75) is 50.5 Å². The lowest BCUT2D eigenvalue weighted by Gasteiger charge is -2.40. The molecule has 4 heteroatoms. The van der Waals surface area contributed by atoms with Gasteiger partial charge in [0.25, 0.3) is 0 Å². The van der Waals surface area contributed by atoms with Crippen LogP contribution in [-0.2, 0) is 10.0 Å². The van der Waals surface area contributed by atoms with Gasteiger partial charge in [0.1, 0.15) is 0 Å². The lowest BCUT2D eigenvalue weighted by Crippen LogP contribution is -2.48. The van der Waals surface area contributed by atoms with Crippen LogP contribution in [0.15, 0.2) is 29.2 Å². The number of rotatable bonds is 2. The summed E-state index contributed by atoms with van der Waals surface area (Å²) in [5.74, 6) is 0.977. The summed E-state index contributed by atoms with van der Waals surface area (Å²) < 4.78 is 27.7. The van der Waals surface area contributed by atoms with E-state index in [9.17, 15) is 8.42 Å². The van der Waals surface area contributed by atoms with Crippen LogP contribution in [0.4, 0.5) is 0 Å². The van der Waals surface area contributed by atoms with Gasteiger partial charge in [-0.3, -0.25) is 0 Å². The van der Waals surface area contributed by atoms with Crippen LogP contribution < -0.4 is 0 Å². The van der Waals surface area contributed by atoms with Gasteiger partial charge < -0.3 is 0 Å². The Kier molecular flexibility index (Phi) is 3.22. The molecule has 1 heterocycles. The fourth-order valence-corrected chi connectivity index (χ4v) is 5.87. The summed E-state index contributed by atoms with van der Waals surface area (Å²) in [4.78, 5) is 0.434. The molecule has 3 nitrogen and oxygen atoms in total. The predicted molar refractivity (Wildman–Crippen MR) is 80.0 cm³/mol. The van der Waals surface area contributed by atoms with E-state index in [1.54, 1.807) is 16.4 Å². The summed E-state index contributed by atoms with van der Waals surface area (Å²) in [6.45, 7) is 7.01. The van der Waals surface area contributed by atoms with E-state index in [0.717, 1.165) is 24.8 Å². The van der Waals surface area contributed by atoms with E-state index in [4.69, 9.17) is 0 Å². The fourth-order valence-electron chi connectivity index (χ4n) is 3.94. The van der Waals surface area contributed by atoms with Crippen molar-refractivity contribution in [1.29, 1.82) is 0 Å². The SMILES string of the molecule is Cc1ccc(S(=O)(=O)N2CC3CCCC2(C)C3C)cc1. The second-order valence-corrected chi connectivity index (χ2v) is 8.51. The Morgan fingerprint density at radius 1 is 1.25 bits per heavy atom. The highest BCUT2D eigenvalue weighted by molar-refractivity contribution is 7.89. The zero-order valence-electron chi connectivity index (χ0n) is 12.5. The molecule has 1 aliphatic carbocycles. The zero-order chi connectivity index (χ0) is 14.5. The number of nitrogens with zero attached hydrogens (tertiary/aromatic N) is 1. The second-order valence-electron chi connectivity index (χ2n) is 6.65. The number of aryl methyl sites for hydroxylation is 1. The topological polar surface area (TPSA) is 37.4 Å². The summed E-state index contributed by atoms with van der Waals surface area (Å²) in [7, 11) is -3.37. The molecule has 3 atom stereocenters. The van der Waals surface area contributed by atoms with Gasteiger partial charge in [-0.1, -0.05) is 31.0 Å². The van der Waals surface area contributed by atoms with Crippen molar-refractivity contribution in [3.63, 3.8) is 0 Å². The van der Waals surface area contributed by atoms with Crippen molar-refractivity contribution >= 4 is 10.0 Å². The summed E-state index contributed by atoms with van der Waals surface area (Å²) in [6, 6.07) is 7.23. The minimum absolute atomic E-state index is 0.202. The van der Waals surface area contributed by atoms with Crippen molar-refractivity contribution in [3.05, 3.63) is 29.8 Å². The van der Waals surface area contributed by atoms with E-state index >= 15 is 0 Å². The number of hydrogen-bond acceptors (Lipinski definition) is 2. The highest BCUT2D eigenvalue weighted by Crippen LogP contribution is 2.50. The molecule has 0 radical (unpaired) electrons. The summed E-state index contributed by atoms with van der Waals surface area (Å²) in [5.41, 5.74) is 0.885. The van der Waals surface area contributed by atoms with Gasteiger partial charge in [0, 0.05) is 12.1 Å². The van der Waals surface area contributed by atoms with E-state index in [-0.39, 0.29) is 5.54 Å². The molecule has 3 rings (SSSR count). The van der Waals surface area contributed by atoms with Crippen LogP contribution in [0.3, 0.4) is 0 Å². The molecule has 0 aromatic heterocycles. The number of benzene rings is 1. The molecular weight excluding hydrogens is 270 g/mol. The maximum Gasteiger partial charge on any atom is 0.243 e. The van der Waals surface area contributed by atoms with Crippen LogP contribution in [0.5, 0.6) is 0 Å². The maximum atomic E-state index is 13.0. The van der Waals surface area contributed by atoms with Crippen molar-refractivity contribution in [2.24, 2.45) is 11.8 Å². The Labute approximate surface area is 122 Å². The van der Waals surface area contributed by atoms with Gasteiger partial charge in [0.2, 0.25) is 10.0 Å². The minimum Gasteiger partial charge on any atom is -0.207 e. The number of hydrogen-bond donors (Lipinski definition) is 0. The predicted octanol–water partition coefficient (Wildman–Crippen LogP) is 3.19. The lowest BCUT2D eigenvalue weighted by atomic mass is 9.73. The average Bonchev–Trinajstić information content (AvgIpc) is 2.57. The average molecular weight is 293 g/mol. The van der Waals surface area contributed by atoms with Crippen LogP contribution in [0.2, 0.25) is 0 Å². The van der Waals surface area contributed by atoms with Crippen LogP contribution in [-0.4, -0.2) is 24.8 Å². The molecule has 3 unspecified atom stereocenters. The summed E-state index contributed by atoms with van der Waals surface area (Å²) in [6.07, 6.45) is 3.29. The van der Waals surface area contributed by atoms with E-state index < -0.39 is 10.0 Å². The van der Waals surface area contributed by atoms with Gasteiger partial charge in [-0.25, -0.2) is 8.42 Å². The number of fused-ring (bicyclic) bond motifs is 2. The molecule has 1 aliphatic heterocycles. The highest BCUT2D eigenvalue weighted by Gasteiger charge is 2.54. The molecule has 2 bridgehead atoms. The van der Waals surface area contributed by atoms with Gasteiger partial charge in [-0.2, -0.15) is 4.31 Å². The van der Waals surface area contributed by atoms with E-state index in [1.807, 2.05) is 19.1 Å². The Bertz CT molecular complexity index is 608. The Balaban J connectivity index is 2.02. The first-order valence-electron chi connectivity index (χ1n) is 7.45. The molecule has 2 fully saturated rings. The normalized spacial score (nSPS) is 34.4. The van der Waals surface area contributed by atoms with Gasteiger partial charge >= 0.3 is 0 Å². The molecule has 1 saturated carbocycles. The molecule has 0 spiro atoms. The van der Waals surface area contributed by atoms with Crippen LogP contribution in [0, 0.1) is 18.8 Å². The molecule has 0 N–H and O–H groups in total. The molecule has 0 amide bonds. The first-order chi connectivity index (χ1) is 9.35. The van der Waals surface area contributed by atoms with Crippen molar-refractivity contribution in [2.75, 3.05) is 6.54 Å². The third-order valence-electron chi connectivity index (χ3n) is 5.52. The molecule has 1 saturated heterocycles. The molecule has 20 heavy (non-hydrogen) atoms. The van der Waals surface area contributed by atoms with Gasteiger partial charge in [0.15, 0.2) is 0 Å². The Morgan fingerprint density at radius 3 is 2.50 bits per heavy atom. The van der Waals surface area contributed by atoms with E-state index in [2.05, 4.69) is 13.8 Å². The molecule has 1 aromatic carbocycles. The summed E-state index contributed by atoms with van der Waals surface area (Å²) in [5, 5.41) is 0. The first-order valence-corrected chi connectivity index (χ1v) is 8.89. The van der Waals surface area contributed by atoms with Crippen LogP contribution >= 0.6 is 0 Å². The number of sulfonamides is 1. The van der Waals surface area contributed by atoms with Crippen LogP contribution in [0.25, 0.3) is 0 Å². The molecule has 110 valence electrons. The Hall–Kier alpha value is -0.870. The third kappa shape index (κ3) is 1.92. The van der Waals surface area contributed by atoms with E-state index in [0.29, 0.717) is 23.3 Å². The van der Waals surface area contributed by atoms with Crippen molar-refractivity contribution in [3.8, 4) is 0 Å².